The number of benzene rings is 1. The van der Waals surface area contributed by atoms with Crippen LogP contribution in [0.15, 0.2) is 18.2 Å². The number of thioether (sulfide) groups is 1. The monoisotopic (exact) mass is 307 g/mol. The van der Waals surface area contributed by atoms with Gasteiger partial charge < -0.3 is 10.2 Å². The summed E-state index contributed by atoms with van der Waals surface area (Å²) in [5.41, 5.74) is 2.00. The van der Waals surface area contributed by atoms with Crippen LogP contribution in [-0.4, -0.2) is 39.8 Å². The van der Waals surface area contributed by atoms with Gasteiger partial charge in [-0.25, -0.2) is 0 Å². The Balaban J connectivity index is 1.63. The molecule has 0 saturated carbocycles. The number of amides is 1. The fourth-order valence-electron chi connectivity index (χ4n) is 2.76. The molecule has 1 aromatic rings. The van der Waals surface area contributed by atoms with E-state index in [1.165, 1.54) is 6.07 Å². The number of nitrogens with one attached hydrogen (secondary N) is 1. The SMILES string of the molecule is O=C(CC1CSCCN1)N1Cc2ccc([N+](=O)[O-])cc2C1. The lowest BCUT2D eigenvalue weighted by Crippen LogP contribution is -2.41. The van der Waals surface area contributed by atoms with E-state index in [1.54, 1.807) is 17.0 Å². The number of fused-ring (bicyclic) bond motifs is 1. The second kappa shape index (κ2) is 6.03. The zero-order valence-electron chi connectivity index (χ0n) is 11.6. The minimum Gasteiger partial charge on any atom is -0.334 e. The third-order valence-electron chi connectivity index (χ3n) is 3.90. The van der Waals surface area contributed by atoms with E-state index in [0.717, 1.165) is 29.2 Å². The fourth-order valence-corrected chi connectivity index (χ4v) is 3.71. The van der Waals surface area contributed by atoms with Crippen LogP contribution in [0.5, 0.6) is 0 Å². The quantitative estimate of drug-likeness (QED) is 0.677. The van der Waals surface area contributed by atoms with Gasteiger partial charge in [-0.05, 0) is 11.1 Å². The number of nitro groups is 1. The molecule has 0 aliphatic carbocycles. The predicted molar refractivity (Wildman–Crippen MR) is 81.1 cm³/mol. The molecular weight excluding hydrogens is 290 g/mol. The lowest BCUT2D eigenvalue weighted by molar-refractivity contribution is -0.384. The highest BCUT2D eigenvalue weighted by molar-refractivity contribution is 7.99. The van der Waals surface area contributed by atoms with Crippen molar-refractivity contribution in [2.24, 2.45) is 0 Å². The number of hydrogen-bond donors (Lipinski definition) is 1. The van der Waals surface area contributed by atoms with E-state index < -0.39 is 4.92 Å². The van der Waals surface area contributed by atoms with Gasteiger partial charge in [0.2, 0.25) is 5.91 Å². The first-order chi connectivity index (χ1) is 10.1. The van der Waals surface area contributed by atoms with E-state index in [4.69, 9.17) is 0 Å². The van der Waals surface area contributed by atoms with Gasteiger partial charge in [-0.1, -0.05) is 6.07 Å². The maximum absolute atomic E-state index is 12.3. The molecule has 0 radical (unpaired) electrons. The lowest BCUT2D eigenvalue weighted by Gasteiger charge is -2.25. The van der Waals surface area contributed by atoms with E-state index >= 15 is 0 Å². The molecule has 6 nitrogen and oxygen atoms in total. The summed E-state index contributed by atoms with van der Waals surface area (Å²) in [6.45, 7) is 2.00. The summed E-state index contributed by atoms with van der Waals surface area (Å²) in [7, 11) is 0. The number of carbonyl (C=O) groups is 1. The molecule has 112 valence electrons. The summed E-state index contributed by atoms with van der Waals surface area (Å²) in [6.07, 6.45) is 0.503. The van der Waals surface area contributed by atoms with Crippen molar-refractivity contribution >= 4 is 23.4 Å². The second-order valence-corrected chi connectivity index (χ2v) is 6.54. The number of nitrogens with zero attached hydrogens (tertiary/aromatic N) is 2. The minimum absolute atomic E-state index is 0.0911. The molecule has 2 heterocycles. The predicted octanol–water partition coefficient (Wildman–Crippen LogP) is 1.53. The van der Waals surface area contributed by atoms with Crippen LogP contribution in [0.25, 0.3) is 0 Å². The third-order valence-corrected chi connectivity index (χ3v) is 5.03. The van der Waals surface area contributed by atoms with E-state index in [1.807, 2.05) is 11.8 Å². The van der Waals surface area contributed by atoms with Crippen molar-refractivity contribution in [2.45, 2.75) is 25.6 Å². The van der Waals surface area contributed by atoms with Gasteiger partial charge >= 0.3 is 0 Å². The standard InChI is InChI=1S/C14H17N3O3S/c18-14(6-12-9-21-4-3-15-12)16-7-10-1-2-13(17(19)20)5-11(10)8-16/h1-2,5,12,15H,3-4,6-9H2. The molecule has 0 bridgehead atoms. The third kappa shape index (κ3) is 3.19. The van der Waals surface area contributed by atoms with Crippen molar-refractivity contribution < 1.29 is 9.72 Å². The molecular formula is C14H17N3O3S. The summed E-state index contributed by atoms with van der Waals surface area (Å²) < 4.78 is 0. The van der Waals surface area contributed by atoms with Gasteiger partial charge in [-0.15, -0.1) is 0 Å². The van der Waals surface area contributed by atoms with Crippen LogP contribution in [0.2, 0.25) is 0 Å². The largest absolute Gasteiger partial charge is 0.334 e. The summed E-state index contributed by atoms with van der Waals surface area (Å²) >= 11 is 1.87. The lowest BCUT2D eigenvalue weighted by atomic mass is 10.1. The molecule has 2 aliphatic heterocycles. The highest BCUT2D eigenvalue weighted by Gasteiger charge is 2.27. The van der Waals surface area contributed by atoms with Crippen LogP contribution in [0.3, 0.4) is 0 Å². The van der Waals surface area contributed by atoms with Gasteiger partial charge in [-0.2, -0.15) is 11.8 Å². The number of non-ortho nitro benzene ring substituents is 1. The summed E-state index contributed by atoms with van der Waals surface area (Å²) in [5, 5.41) is 14.2. The molecule has 1 amide bonds. The van der Waals surface area contributed by atoms with Crippen molar-refractivity contribution in [2.75, 3.05) is 18.1 Å². The van der Waals surface area contributed by atoms with Gasteiger partial charge in [-0.3, -0.25) is 14.9 Å². The van der Waals surface area contributed by atoms with Crippen molar-refractivity contribution in [1.82, 2.24) is 10.2 Å². The first-order valence-corrected chi connectivity index (χ1v) is 8.14. The van der Waals surface area contributed by atoms with Crippen LogP contribution in [-0.2, 0) is 17.9 Å². The molecule has 1 atom stereocenters. The molecule has 21 heavy (non-hydrogen) atoms. The Hall–Kier alpha value is -1.60. The highest BCUT2D eigenvalue weighted by Crippen LogP contribution is 2.27. The average Bonchev–Trinajstić information content (AvgIpc) is 2.91. The number of nitro benzene ring substituents is 1. The van der Waals surface area contributed by atoms with Gasteiger partial charge in [0.15, 0.2) is 0 Å². The molecule has 0 aromatic heterocycles. The first-order valence-electron chi connectivity index (χ1n) is 6.98. The molecule has 7 heteroatoms. The maximum Gasteiger partial charge on any atom is 0.269 e. The van der Waals surface area contributed by atoms with Crippen LogP contribution in [0.4, 0.5) is 5.69 Å². The Bertz CT molecular complexity index is 573. The second-order valence-electron chi connectivity index (χ2n) is 5.39. The summed E-state index contributed by atoms with van der Waals surface area (Å²) in [5.74, 6) is 2.19. The molecule has 1 aromatic carbocycles. The van der Waals surface area contributed by atoms with Gasteiger partial charge in [0.1, 0.15) is 0 Å². The van der Waals surface area contributed by atoms with Crippen LogP contribution >= 0.6 is 11.8 Å². The Labute approximate surface area is 127 Å². The molecule has 1 N–H and O–H groups in total. The Morgan fingerprint density at radius 1 is 1.43 bits per heavy atom. The molecule has 2 aliphatic rings. The summed E-state index contributed by atoms with van der Waals surface area (Å²) in [6, 6.07) is 5.09. The van der Waals surface area contributed by atoms with Crippen LogP contribution < -0.4 is 5.32 Å². The summed E-state index contributed by atoms with van der Waals surface area (Å²) in [4.78, 5) is 24.5. The first kappa shape index (κ1) is 14.3. The van der Waals surface area contributed by atoms with Crippen molar-refractivity contribution in [3.05, 3.63) is 39.4 Å². The zero-order chi connectivity index (χ0) is 14.8. The Morgan fingerprint density at radius 3 is 2.95 bits per heavy atom. The Kier molecular flexibility index (Phi) is 4.12. The molecule has 1 saturated heterocycles. The van der Waals surface area contributed by atoms with Gasteiger partial charge in [0.05, 0.1) is 4.92 Å². The topological polar surface area (TPSA) is 75.5 Å². The number of carbonyl (C=O) groups excluding carboxylic acids is 1. The highest BCUT2D eigenvalue weighted by atomic mass is 32.2. The van der Waals surface area contributed by atoms with Gasteiger partial charge in [0, 0.05) is 55.7 Å². The maximum atomic E-state index is 12.3. The number of hydrogen-bond acceptors (Lipinski definition) is 5. The van der Waals surface area contributed by atoms with Gasteiger partial charge in [0.25, 0.3) is 5.69 Å². The van der Waals surface area contributed by atoms with Crippen molar-refractivity contribution in [3.63, 3.8) is 0 Å². The van der Waals surface area contributed by atoms with E-state index in [0.29, 0.717) is 19.5 Å². The smallest absolute Gasteiger partial charge is 0.269 e. The normalized spacial score (nSPS) is 21.1. The van der Waals surface area contributed by atoms with E-state index in [2.05, 4.69) is 5.32 Å². The van der Waals surface area contributed by atoms with Crippen LogP contribution in [0, 0.1) is 10.1 Å². The van der Waals surface area contributed by atoms with Crippen LogP contribution in [0.1, 0.15) is 17.5 Å². The average molecular weight is 307 g/mol. The molecule has 3 rings (SSSR count). The number of rotatable bonds is 3. The van der Waals surface area contributed by atoms with Crippen molar-refractivity contribution in [1.29, 1.82) is 0 Å². The zero-order valence-corrected chi connectivity index (χ0v) is 12.4. The fraction of sp³-hybridized carbons (Fsp3) is 0.500. The van der Waals surface area contributed by atoms with E-state index in [-0.39, 0.29) is 17.6 Å². The minimum atomic E-state index is -0.395. The molecule has 0 spiro atoms. The molecule has 1 unspecified atom stereocenters. The molecule has 1 fully saturated rings. The van der Waals surface area contributed by atoms with Crippen molar-refractivity contribution in [3.8, 4) is 0 Å². The Morgan fingerprint density at radius 2 is 2.24 bits per heavy atom. The van der Waals surface area contributed by atoms with E-state index in [9.17, 15) is 14.9 Å².